The summed E-state index contributed by atoms with van der Waals surface area (Å²) in [5.74, 6) is 1.34. The number of nitrogens with two attached hydrogens (primary N) is 1. The van der Waals surface area contributed by atoms with E-state index < -0.39 is 0 Å². The number of methoxy groups -OCH3 is 1. The minimum Gasteiger partial charge on any atom is -0.497 e. The number of anilines is 1. The van der Waals surface area contributed by atoms with Crippen molar-refractivity contribution in [3.05, 3.63) is 46.7 Å². The van der Waals surface area contributed by atoms with Crippen LogP contribution in [0.15, 0.2) is 30.3 Å². The molecule has 1 aromatic carbocycles. The molecule has 1 aromatic heterocycles. The van der Waals surface area contributed by atoms with E-state index in [0.717, 1.165) is 17.1 Å². The summed E-state index contributed by atoms with van der Waals surface area (Å²) in [6.45, 7) is 2.23. The summed E-state index contributed by atoms with van der Waals surface area (Å²) in [4.78, 5) is 4.37. The lowest BCUT2D eigenvalue weighted by molar-refractivity contribution is 0.300. The van der Waals surface area contributed by atoms with Crippen molar-refractivity contribution in [3.8, 4) is 11.5 Å². The minimum absolute atomic E-state index is 0.321. The van der Waals surface area contributed by atoms with Crippen LogP contribution in [-0.2, 0) is 6.61 Å². The van der Waals surface area contributed by atoms with Crippen LogP contribution < -0.4 is 15.2 Å². The maximum absolute atomic E-state index is 6.04. The normalized spacial score (nSPS) is 10.3. The molecular formula is C14H15ClN2O2. The lowest BCUT2D eigenvalue weighted by Crippen LogP contribution is -2.01. The van der Waals surface area contributed by atoms with Gasteiger partial charge in [-0.2, -0.15) is 0 Å². The Hall–Kier alpha value is -1.94. The van der Waals surface area contributed by atoms with Gasteiger partial charge in [0.25, 0.3) is 0 Å². The predicted octanol–water partition coefficient (Wildman–Crippen LogP) is 3.21. The molecule has 0 amide bonds. The molecule has 1 heterocycles. The van der Waals surface area contributed by atoms with Crippen molar-refractivity contribution in [2.45, 2.75) is 13.5 Å². The van der Waals surface area contributed by atoms with E-state index in [2.05, 4.69) is 4.98 Å². The van der Waals surface area contributed by atoms with Crippen molar-refractivity contribution in [1.29, 1.82) is 0 Å². The number of nitrogens with zero attached hydrogens (tertiary/aromatic N) is 1. The highest BCUT2D eigenvalue weighted by Gasteiger charge is 2.05. The van der Waals surface area contributed by atoms with Crippen LogP contribution in [0.2, 0.25) is 5.02 Å². The maximum atomic E-state index is 6.04. The predicted molar refractivity (Wildman–Crippen MR) is 75.7 cm³/mol. The van der Waals surface area contributed by atoms with Gasteiger partial charge in [-0.25, -0.2) is 0 Å². The van der Waals surface area contributed by atoms with Gasteiger partial charge in [0.15, 0.2) is 0 Å². The second kappa shape index (κ2) is 5.80. The van der Waals surface area contributed by atoms with Gasteiger partial charge in [-0.05, 0) is 25.1 Å². The summed E-state index contributed by atoms with van der Waals surface area (Å²) in [5.41, 5.74) is 7.89. The number of hydrogen-bond acceptors (Lipinski definition) is 4. The fourth-order valence-electron chi connectivity index (χ4n) is 1.68. The first-order valence-electron chi connectivity index (χ1n) is 5.78. The fraction of sp³-hybridized carbons (Fsp3) is 0.214. The molecule has 0 radical (unpaired) electrons. The SMILES string of the molecule is COc1cc(C)nc(COc2ccc(N)cc2Cl)c1. The first-order chi connectivity index (χ1) is 9.08. The van der Waals surface area contributed by atoms with Crippen molar-refractivity contribution < 1.29 is 9.47 Å². The molecule has 2 N–H and O–H groups in total. The number of hydrogen-bond donors (Lipinski definition) is 1. The van der Waals surface area contributed by atoms with Gasteiger partial charge in [0.2, 0.25) is 0 Å². The van der Waals surface area contributed by atoms with Crippen molar-refractivity contribution >= 4 is 17.3 Å². The summed E-state index contributed by atoms with van der Waals surface area (Å²) in [7, 11) is 1.62. The lowest BCUT2D eigenvalue weighted by Gasteiger charge is -2.09. The topological polar surface area (TPSA) is 57.4 Å². The highest BCUT2D eigenvalue weighted by atomic mass is 35.5. The van der Waals surface area contributed by atoms with Gasteiger partial charge in [0, 0.05) is 23.5 Å². The number of nitrogen functional groups attached to an aromatic ring is 1. The zero-order valence-electron chi connectivity index (χ0n) is 10.8. The Morgan fingerprint density at radius 1 is 1.26 bits per heavy atom. The molecule has 19 heavy (non-hydrogen) atoms. The van der Waals surface area contributed by atoms with Gasteiger partial charge in [-0.1, -0.05) is 11.6 Å². The maximum Gasteiger partial charge on any atom is 0.138 e. The zero-order chi connectivity index (χ0) is 13.8. The molecule has 100 valence electrons. The summed E-state index contributed by atoms with van der Waals surface area (Å²) in [5, 5.41) is 0.486. The Morgan fingerprint density at radius 3 is 2.74 bits per heavy atom. The Kier molecular flexibility index (Phi) is 4.12. The number of aromatic nitrogens is 1. The highest BCUT2D eigenvalue weighted by Crippen LogP contribution is 2.27. The van der Waals surface area contributed by atoms with Crippen LogP contribution in [0.1, 0.15) is 11.4 Å². The van der Waals surface area contributed by atoms with Crippen LogP contribution in [0.4, 0.5) is 5.69 Å². The van der Waals surface area contributed by atoms with Crippen molar-refractivity contribution in [2.24, 2.45) is 0 Å². The average Bonchev–Trinajstić information content (AvgIpc) is 2.37. The molecule has 0 spiro atoms. The molecule has 0 fully saturated rings. The van der Waals surface area contributed by atoms with Crippen LogP contribution in [0, 0.1) is 6.92 Å². The van der Waals surface area contributed by atoms with E-state index in [4.69, 9.17) is 26.8 Å². The second-order valence-corrected chi connectivity index (χ2v) is 4.53. The van der Waals surface area contributed by atoms with Crippen LogP contribution in [0.25, 0.3) is 0 Å². The van der Waals surface area contributed by atoms with Crippen molar-refractivity contribution in [2.75, 3.05) is 12.8 Å². The standard InChI is InChI=1S/C14H15ClN2O2/c1-9-5-12(18-2)7-11(17-9)8-19-14-4-3-10(16)6-13(14)15/h3-7H,8,16H2,1-2H3. The number of halogens is 1. The van der Waals surface area contributed by atoms with Gasteiger partial charge in [-0.3, -0.25) is 4.98 Å². The lowest BCUT2D eigenvalue weighted by atomic mass is 10.3. The molecule has 0 bridgehead atoms. The number of aryl methyl sites for hydroxylation is 1. The third-order valence-electron chi connectivity index (χ3n) is 2.55. The van der Waals surface area contributed by atoms with E-state index in [0.29, 0.717) is 23.1 Å². The van der Waals surface area contributed by atoms with Gasteiger partial charge >= 0.3 is 0 Å². The van der Waals surface area contributed by atoms with E-state index >= 15 is 0 Å². The second-order valence-electron chi connectivity index (χ2n) is 4.12. The average molecular weight is 279 g/mol. The molecule has 0 saturated carbocycles. The third kappa shape index (κ3) is 3.51. The summed E-state index contributed by atoms with van der Waals surface area (Å²) < 4.78 is 10.8. The monoisotopic (exact) mass is 278 g/mol. The Balaban J connectivity index is 2.12. The number of pyridine rings is 1. The van der Waals surface area contributed by atoms with E-state index in [9.17, 15) is 0 Å². The quantitative estimate of drug-likeness (QED) is 0.873. The summed E-state index contributed by atoms with van der Waals surface area (Å²) >= 11 is 6.04. The molecule has 0 aliphatic rings. The Bertz CT molecular complexity index is 588. The fourth-order valence-corrected chi connectivity index (χ4v) is 1.92. The molecule has 0 saturated heterocycles. The van der Waals surface area contributed by atoms with Gasteiger partial charge in [0.05, 0.1) is 17.8 Å². The molecule has 2 rings (SSSR count). The van der Waals surface area contributed by atoms with E-state index in [1.165, 1.54) is 0 Å². The van der Waals surface area contributed by atoms with E-state index in [-0.39, 0.29) is 0 Å². The minimum atomic E-state index is 0.321. The van der Waals surface area contributed by atoms with Crippen LogP contribution in [0.5, 0.6) is 11.5 Å². The van der Waals surface area contributed by atoms with Crippen molar-refractivity contribution in [3.63, 3.8) is 0 Å². The Labute approximate surface area is 117 Å². The van der Waals surface area contributed by atoms with Crippen molar-refractivity contribution in [1.82, 2.24) is 4.98 Å². The zero-order valence-corrected chi connectivity index (χ0v) is 11.6. The molecule has 0 atom stereocenters. The molecular weight excluding hydrogens is 264 g/mol. The van der Waals surface area contributed by atoms with E-state index in [1.54, 1.807) is 25.3 Å². The van der Waals surface area contributed by atoms with Gasteiger partial charge < -0.3 is 15.2 Å². The van der Waals surface area contributed by atoms with Gasteiger partial charge in [-0.15, -0.1) is 0 Å². The largest absolute Gasteiger partial charge is 0.497 e. The summed E-state index contributed by atoms with van der Waals surface area (Å²) in [6, 6.07) is 8.83. The first kappa shape index (κ1) is 13.5. The number of benzene rings is 1. The first-order valence-corrected chi connectivity index (χ1v) is 6.15. The molecule has 0 unspecified atom stereocenters. The van der Waals surface area contributed by atoms with Crippen LogP contribution in [-0.4, -0.2) is 12.1 Å². The molecule has 5 heteroatoms. The van der Waals surface area contributed by atoms with E-state index in [1.807, 2.05) is 19.1 Å². The molecule has 0 aliphatic carbocycles. The highest BCUT2D eigenvalue weighted by molar-refractivity contribution is 6.32. The van der Waals surface area contributed by atoms with Crippen LogP contribution in [0.3, 0.4) is 0 Å². The third-order valence-corrected chi connectivity index (χ3v) is 2.84. The number of rotatable bonds is 4. The molecule has 0 aliphatic heterocycles. The van der Waals surface area contributed by atoms with Gasteiger partial charge in [0.1, 0.15) is 18.1 Å². The molecule has 2 aromatic rings. The Morgan fingerprint density at radius 2 is 2.05 bits per heavy atom. The number of ether oxygens (including phenoxy) is 2. The molecule has 4 nitrogen and oxygen atoms in total. The summed E-state index contributed by atoms with van der Waals surface area (Å²) in [6.07, 6.45) is 0. The smallest absolute Gasteiger partial charge is 0.138 e. The van der Waals surface area contributed by atoms with Crippen LogP contribution >= 0.6 is 11.6 Å².